The van der Waals surface area contributed by atoms with Crippen LogP contribution in [-0.2, 0) is 28.2 Å². The van der Waals surface area contributed by atoms with E-state index in [0.717, 1.165) is 44.9 Å². The average molecular weight is 753 g/mol. The molecule has 0 aromatic carbocycles. The minimum atomic E-state index is -4.77. The van der Waals surface area contributed by atoms with Crippen LogP contribution in [0.2, 0.25) is 0 Å². The first-order valence-electron chi connectivity index (χ1n) is 20.9. The van der Waals surface area contributed by atoms with Gasteiger partial charge in [-0.3, -0.25) is 14.1 Å². The topological polar surface area (TPSA) is 119 Å². The summed E-state index contributed by atoms with van der Waals surface area (Å²) in [6.07, 6.45) is 46.9. The summed E-state index contributed by atoms with van der Waals surface area (Å²) in [6.45, 7) is 3.62. The van der Waals surface area contributed by atoms with Gasteiger partial charge in [0.1, 0.15) is 6.61 Å². The van der Waals surface area contributed by atoms with Gasteiger partial charge in [0.25, 0.3) is 0 Å². The Hall–Kier alpha value is -1.99. The first-order valence-corrected chi connectivity index (χ1v) is 22.5. The summed E-state index contributed by atoms with van der Waals surface area (Å²) >= 11 is 0. The summed E-state index contributed by atoms with van der Waals surface area (Å²) in [6, 6.07) is 0. The Morgan fingerprint density at radius 1 is 0.500 bits per heavy atom. The molecule has 0 amide bonds. The fraction of sp³-hybridized carbons (Fsp3) is 0.767. The first-order chi connectivity index (χ1) is 25.3. The Bertz CT molecular complexity index is 984. The highest BCUT2D eigenvalue weighted by atomic mass is 31.2. The highest BCUT2D eigenvalue weighted by molar-refractivity contribution is 7.46. The maximum atomic E-state index is 12.4. The number of hydrogen-bond donors (Lipinski definition) is 2. The summed E-state index contributed by atoms with van der Waals surface area (Å²) in [5.74, 6) is -0.946. The molecule has 0 unspecified atom stereocenters. The number of ether oxygens (including phenoxy) is 2. The average Bonchev–Trinajstić information content (AvgIpc) is 3.11. The number of rotatable bonds is 38. The molecule has 0 aliphatic carbocycles. The van der Waals surface area contributed by atoms with Gasteiger partial charge in [-0.05, 0) is 70.6 Å². The van der Waals surface area contributed by atoms with Gasteiger partial charge in [0.05, 0.1) is 6.61 Å². The van der Waals surface area contributed by atoms with Crippen molar-refractivity contribution < 1.29 is 37.9 Å². The molecular formula is C43H77O8P. The number of unbranched alkanes of at least 4 members (excludes halogenated alkanes) is 20. The molecule has 8 nitrogen and oxygen atoms in total. The summed E-state index contributed by atoms with van der Waals surface area (Å²) in [5.41, 5.74) is 0. The van der Waals surface area contributed by atoms with Gasteiger partial charge in [0.2, 0.25) is 0 Å². The van der Waals surface area contributed by atoms with E-state index in [2.05, 4.69) is 60.9 Å². The lowest BCUT2D eigenvalue weighted by atomic mass is 10.1. The molecule has 9 heteroatoms. The number of allylic oxidation sites excluding steroid dienone is 8. The quantitative estimate of drug-likeness (QED) is 0.0277. The second kappa shape index (κ2) is 38.7. The number of carbonyl (C=O) groups excluding carboxylic acids is 2. The molecule has 0 saturated heterocycles. The molecule has 0 bridgehead atoms. The second-order valence-corrected chi connectivity index (χ2v) is 15.2. The third-order valence-electron chi connectivity index (χ3n) is 8.82. The van der Waals surface area contributed by atoms with Crippen LogP contribution in [0.5, 0.6) is 0 Å². The molecule has 0 fully saturated rings. The fourth-order valence-electron chi connectivity index (χ4n) is 5.68. The predicted octanol–water partition coefficient (Wildman–Crippen LogP) is 12.7. The molecule has 0 rings (SSSR count). The van der Waals surface area contributed by atoms with Gasteiger partial charge in [-0.2, -0.15) is 0 Å². The number of phosphoric acid groups is 1. The van der Waals surface area contributed by atoms with Crippen molar-refractivity contribution in [2.24, 2.45) is 0 Å². The fourth-order valence-corrected chi connectivity index (χ4v) is 6.04. The standard InChI is InChI=1S/C43H77O8P/c1-3-5-7-9-11-13-15-17-19-21-23-25-27-29-31-33-35-37-42(44)49-39-41(40-50-52(46,47)48)51-43(45)38-36-34-32-30-28-26-24-22-20-18-16-14-12-10-8-6-4-2/h11,13,17,19,24,26,30,32,41H,3-10,12,14-16,18,20-23,25,27-29,31,33-40H2,1-2H3,(H2,46,47,48)/b13-11+,19-17+,26-24+,32-30+/t41-/m1/s1. The normalized spacial score (nSPS) is 12.9. The first kappa shape index (κ1) is 50.0. The minimum Gasteiger partial charge on any atom is -0.462 e. The second-order valence-electron chi connectivity index (χ2n) is 14.0. The summed E-state index contributed by atoms with van der Waals surface area (Å²) < 4.78 is 26.3. The Balaban J connectivity index is 4.00. The molecule has 0 aromatic heterocycles. The molecule has 0 aromatic rings. The molecule has 52 heavy (non-hydrogen) atoms. The molecule has 1 atom stereocenters. The van der Waals surface area contributed by atoms with Gasteiger partial charge in [-0.1, -0.05) is 159 Å². The van der Waals surface area contributed by atoms with E-state index in [1.54, 1.807) is 0 Å². The zero-order valence-electron chi connectivity index (χ0n) is 33.2. The van der Waals surface area contributed by atoms with Crippen LogP contribution in [-0.4, -0.2) is 41.0 Å². The molecule has 0 radical (unpaired) electrons. The van der Waals surface area contributed by atoms with E-state index >= 15 is 0 Å². The molecule has 2 N–H and O–H groups in total. The van der Waals surface area contributed by atoms with Gasteiger partial charge in [-0.15, -0.1) is 0 Å². The third-order valence-corrected chi connectivity index (χ3v) is 9.31. The Kier molecular flexibility index (Phi) is 37.2. The van der Waals surface area contributed by atoms with E-state index in [1.807, 2.05) is 6.08 Å². The zero-order chi connectivity index (χ0) is 38.2. The molecule has 0 aliphatic heterocycles. The van der Waals surface area contributed by atoms with Crippen molar-refractivity contribution in [3.05, 3.63) is 48.6 Å². The molecule has 302 valence electrons. The van der Waals surface area contributed by atoms with Crippen LogP contribution < -0.4 is 0 Å². The smallest absolute Gasteiger partial charge is 0.462 e. The van der Waals surface area contributed by atoms with Crippen molar-refractivity contribution in [2.75, 3.05) is 13.2 Å². The van der Waals surface area contributed by atoms with Crippen LogP contribution in [0.25, 0.3) is 0 Å². The number of hydrogen-bond acceptors (Lipinski definition) is 6. The highest BCUT2D eigenvalue weighted by Gasteiger charge is 2.22. The summed E-state index contributed by atoms with van der Waals surface area (Å²) in [5, 5.41) is 0. The lowest BCUT2D eigenvalue weighted by Gasteiger charge is -2.18. The predicted molar refractivity (Wildman–Crippen MR) is 216 cm³/mol. The van der Waals surface area contributed by atoms with Crippen molar-refractivity contribution in [2.45, 2.75) is 200 Å². The van der Waals surface area contributed by atoms with Gasteiger partial charge < -0.3 is 19.3 Å². The number of esters is 2. The van der Waals surface area contributed by atoms with E-state index in [1.165, 1.54) is 103 Å². The number of phosphoric ester groups is 1. The highest BCUT2D eigenvalue weighted by Crippen LogP contribution is 2.36. The molecule has 0 spiro atoms. The largest absolute Gasteiger partial charge is 0.469 e. The van der Waals surface area contributed by atoms with E-state index in [0.29, 0.717) is 19.3 Å². The van der Waals surface area contributed by atoms with Gasteiger partial charge in [0, 0.05) is 12.8 Å². The van der Waals surface area contributed by atoms with Gasteiger partial charge in [0.15, 0.2) is 6.10 Å². The Morgan fingerprint density at radius 3 is 1.37 bits per heavy atom. The maximum absolute atomic E-state index is 12.4. The molecular weight excluding hydrogens is 675 g/mol. The van der Waals surface area contributed by atoms with Crippen molar-refractivity contribution >= 4 is 19.8 Å². The van der Waals surface area contributed by atoms with Crippen molar-refractivity contribution in [1.82, 2.24) is 0 Å². The van der Waals surface area contributed by atoms with Crippen LogP contribution in [0.4, 0.5) is 0 Å². The van der Waals surface area contributed by atoms with Crippen LogP contribution in [0.1, 0.15) is 194 Å². The van der Waals surface area contributed by atoms with E-state index in [4.69, 9.17) is 19.3 Å². The maximum Gasteiger partial charge on any atom is 0.469 e. The Morgan fingerprint density at radius 2 is 0.885 bits per heavy atom. The molecule has 0 aliphatic rings. The zero-order valence-corrected chi connectivity index (χ0v) is 34.1. The number of carbonyl (C=O) groups is 2. The van der Waals surface area contributed by atoms with E-state index in [9.17, 15) is 14.2 Å². The van der Waals surface area contributed by atoms with Crippen molar-refractivity contribution in [3.63, 3.8) is 0 Å². The molecule has 0 saturated carbocycles. The van der Waals surface area contributed by atoms with Crippen LogP contribution in [0.3, 0.4) is 0 Å². The van der Waals surface area contributed by atoms with Crippen molar-refractivity contribution in [3.8, 4) is 0 Å². The van der Waals surface area contributed by atoms with Gasteiger partial charge >= 0.3 is 19.8 Å². The van der Waals surface area contributed by atoms with Gasteiger partial charge in [-0.25, -0.2) is 4.57 Å². The van der Waals surface area contributed by atoms with E-state index < -0.39 is 32.5 Å². The SMILES string of the molecule is CCCCC/C=C/C/C=C/CCCCCCCCCC(=O)OC[C@H](COP(=O)(O)O)OC(=O)CCC/C=C/C/C=C/CCCCCCCCCCC. The molecule has 0 heterocycles. The van der Waals surface area contributed by atoms with E-state index in [-0.39, 0.29) is 19.4 Å². The Labute approximate surface area is 318 Å². The summed E-state index contributed by atoms with van der Waals surface area (Å²) in [4.78, 5) is 42.8. The van der Waals surface area contributed by atoms with Crippen molar-refractivity contribution in [1.29, 1.82) is 0 Å². The monoisotopic (exact) mass is 753 g/mol. The lowest BCUT2D eigenvalue weighted by molar-refractivity contribution is -0.161. The third kappa shape index (κ3) is 40.8. The summed E-state index contributed by atoms with van der Waals surface area (Å²) in [7, 11) is -4.77. The minimum absolute atomic E-state index is 0.146. The lowest BCUT2D eigenvalue weighted by Crippen LogP contribution is -2.29. The van der Waals surface area contributed by atoms with Crippen LogP contribution >= 0.6 is 7.82 Å². The van der Waals surface area contributed by atoms with Crippen LogP contribution in [0.15, 0.2) is 48.6 Å². The van der Waals surface area contributed by atoms with Crippen LogP contribution in [0, 0.1) is 0 Å².